The van der Waals surface area contributed by atoms with Crippen LogP contribution in [0.5, 0.6) is 0 Å². The quantitative estimate of drug-likeness (QED) is 0.871. The molecule has 5 nitrogen and oxygen atoms in total. The second-order valence-corrected chi connectivity index (χ2v) is 6.74. The monoisotopic (exact) mass is 296 g/mol. The number of carbonyl (C=O) groups excluding carboxylic acids is 1. The molecule has 3 unspecified atom stereocenters. The number of urea groups is 1. The van der Waals surface area contributed by atoms with Crippen molar-refractivity contribution in [2.24, 2.45) is 5.92 Å². The van der Waals surface area contributed by atoms with Crippen LogP contribution in [0.15, 0.2) is 0 Å². The average molecular weight is 296 g/mol. The SMILES string of the molecule is CC1CCC(C)N(C(=O)N2CCCCC2CCC(=O)O)C1. The number of carbonyl (C=O) groups is 2. The Morgan fingerprint density at radius 2 is 1.86 bits per heavy atom. The minimum atomic E-state index is -0.770. The minimum Gasteiger partial charge on any atom is -0.481 e. The summed E-state index contributed by atoms with van der Waals surface area (Å²) in [6.07, 6.45) is 6.07. The zero-order valence-electron chi connectivity index (χ0n) is 13.3. The molecule has 0 aromatic rings. The number of carboxylic acid groups (broad SMARTS) is 1. The molecule has 2 aliphatic heterocycles. The van der Waals surface area contributed by atoms with Crippen LogP contribution in [0.25, 0.3) is 0 Å². The summed E-state index contributed by atoms with van der Waals surface area (Å²) in [5.74, 6) is -0.208. The molecule has 0 aromatic carbocycles. The standard InChI is InChI=1S/C16H28N2O3/c1-12-6-7-13(2)18(11-12)16(21)17-10-4-3-5-14(17)8-9-15(19)20/h12-14H,3-11H2,1-2H3,(H,19,20). The zero-order chi connectivity index (χ0) is 15.4. The number of hydrogen-bond donors (Lipinski definition) is 1. The second kappa shape index (κ2) is 7.14. The molecule has 2 saturated heterocycles. The summed E-state index contributed by atoms with van der Waals surface area (Å²) in [6.45, 7) is 5.94. The highest BCUT2D eigenvalue weighted by atomic mass is 16.4. The van der Waals surface area contributed by atoms with Crippen molar-refractivity contribution in [3.8, 4) is 0 Å². The van der Waals surface area contributed by atoms with Crippen LogP contribution >= 0.6 is 0 Å². The van der Waals surface area contributed by atoms with E-state index >= 15 is 0 Å². The minimum absolute atomic E-state index is 0.104. The fourth-order valence-corrected chi connectivity index (χ4v) is 3.56. The Labute approximate surface area is 127 Å². The van der Waals surface area contributed by atoms with Crippen molar-refractivity contribution < 1.29 is 14.7 Å². The van der Waals surface area contributed by atoms with Crippen LogP contribution in [0.1, 0.15) is 58.8 Å². The highest BCUT2D eigenvalue weighted by Crippen LogP contribution is 2.27. The molecule has 0 aliphatic carbocycles. The van der Waals surface area contributed by atoms with E-state index in [-0.39, 0.29) is 18.5 Å². The van der Waals surface area contributed by atoms with Crippen molar-refractivity contribution in [3.05, 3.63) is 0 Å². The fraction of sp³-hybridized carbons (Fsp3) is 0.875. The number of rotatable bonds is 3. The van der Waals surface area contributed by atoms with Gasteiger partial charge in [-0.05, 0) is 51.4 Å². The third-order valence-corrected chi connectivity index (χ3v) is 4.93. The van der Waals surface area contributed by atoms with Gasteiger partial charge in [0.1, 0.15) is 0 Å². The number of piperidine rings is 2. The number of amides is 2. The maximum absolute atomic E-state index is 12.9. The van der Waals surface area contributed by atoms with E-state index in [2.05, 4.69) is 13.8 Å². The lowest BCUT2D eigenvalue weighted by atomic mass is 9.94. The van der Waals surface area contributed by atoms with Crippen molar-refractivity contribution in [2.45, 2.75) is 70.9 Å². The van der Waals surface area contributed by atoms with E-state index in [1.165, 1.54) is 6.42 Å². The zero-order valence-corrected chi connectivity index (χ0v) is 13.3. The summed E-state index contributed by atoms with van der Waals surface area (Å²) in [7, 11) is 0. The Morgan fingerprint density at radius 1 is 1.10 bits per heavy atom. The van der Waals surface area contributed by atoms with Crippen LogP contribution in [0.2, 0.25) is 0 Å². The van der Waals surface area contributed by atoms with Gasteiger partial charge in [0.05, 0.1) is 0 Å². The highest BCUT2D eigenvalue weighted by molar-refractivity contribution is 5.75. The van der Waals surface area contributed by atoms with E-state index in [4.69, 9.17) is 5.11 Å². The first-order valence-corrected chi connectivity index (χ1v) is 8.28. The highest BCUT2D eigenvalue weighted by Gasteiger charge is 2.34. The van der Waals surface area contributed by atoms with Crippen molar-refractivity contribution in [1.82, 2.24) is 9.80 Å². The third-order valence-electron chi connectivity index (χ3n) is 4.93. The van der Waals surface area contributed by atoms with Crippen molar-refractivity contribution in [2.75, 3.05) is 13.1 Å². The molecular weight excluding hydrogens is 268 g/mol. The van der Waals surface area contributed by atoms with Gasteiger partial charge in [-0.3, -0.25) is 4.79 Å². The van der Waals surface area contributed by atoms with E-state index < -0.39 is 5.97 Å². The van der Waals surface area contributed by atoms with Gasteiger partial charge >= 0.3 is 12.0 Å². The molecule has 5 heteroatoms. The van der Waals surface area contributed by atoms with Crippen LogP contribution in [-0.4, -0.2) is 52.1 Å². The lowest BCUT2D eigenvalue weighted by Gasteiger charge is -2.43. The number of nitrogens with zero attached hydrogens (tertiary/aromatic N) is 2. The third kappa shape index (κ3) is 4.11. The average Bonchev–Trinajstić information content (AvgIpc) is 2.47. The van der Waals surface area contributed by atoms with Gasteiger partial charge in [0.15, 0.2) is 0 Å². The lowest BCUT2D eigenvalue weighted by Crippen LogP contribution is -2.55. The van der Waals surface area contributed by atoms with Gasteiger partial charge in [-0.2, -0.15) is 0 Å². The molecule has 0 spiro atoms. The van der Waals surface area contributed by atoms with Crippen LogP contribution < -0.4 is 0 Å². The summed E-state index contributed by atoms with van der Waals surface area (Å²) >= 11 is 0. The van der Waals surface area contributed by atoms with Gasteiger partial charge in [-0.15, -0.1) is 0 Å². The van der Waals surface area contributed by atoms with Gasteiger partial charge in [-0.1, -0.05) is 6.92 Å². The van der Waals surface area contributed by atoms with Gasteiger partial charge < -0.3 is 14.9 Å². The van der Waals surface area contributed by atoms with Crippen molar-refractivity contribution in [3.63, 3.8) is 0 Å². The summed E-state index contributed by atoms with van der Waals surface area (Å²) in [4.78, 5) is 27.6. The van der Waals surface area contributed by atoms with E-state index in [0.717, 1.165) is 38.8 Å². The molecule has 2 aliphatic rings. The molecule has 2 amide bonds. The molecule has 3 atom stereocenters. The molecule has 0 bridgehead atoms. The molecule has 0 radical (unpaired) electrons. The van der Waals surface area contributed by atoms with Crippen LogP contribution in [-0.2, 0) is 4.79 Å². The first-order chi connectivity index (χ1) is 9.99. The molecule has 0 aromatic heterocycles. The van der Waals surface area contributed by atoms with E-state index in [0.29, 0.717) is 18.4 Å². The van der Waals surface area contributed by atoms with E-state index in [1.54, 1.807) is 0 Å². The van der Waals surface area contributed by atoms with Crippen LogP contribution in [0.4, 0.5) is 4.79 Å². The Balaban J connectivity index is 2.01. The van der Waals surface area contributed by atoms with Gasteiger partial charge in [0, 0.05) is 31.6 Å². The molecule has 1 N–H and O–H groups in total. The Morgan fingerprint density at radius 3 is 2.57 bits per heavy atom. The molecule has 2 rings (SSSR count). The van der Waals surface area contributed by atoms with Crippen LogP contribution in [0, 0.1) is 5.92 Å². The first-order valence-electron chi connectivity index (χ1n) is 8.28. The molecule has 2 heterocycles. The molecular formula is C16H28N2O3. The molecule has 21 heavy (non-hydrogen) atoms. The van der Waals surface area contributed by atoms with Crippen LogP contribution in [0.3, 0.4) is 0 Å². The molecule has 2 fully saturated rings. The van der Waals surface area contributed by atoms with Crippen molar-refractivity contribution >= 4 is 12.0 Å². The molecule has 0 saturated carbocycles. The summed E-state index contributed by atoms with van der Waals surface area (Å²) in [6, 6.07) is 0.534. The Bertz CT molecular complexity index is 386. The molecule has 120 valence electrons. The van der Waals surface area contributed by atoms with E-state index in [1.807, 2.05) is 9.80 Å². The normalized spacial score (nSPS) is 30.3. The summed E-state index contributed by atoms with van der Waals surface area (Å²) in [5.41, 5.74) is 0. The lowest BCUT2D eigenvalue weighted by molar-refractivity contribution is -0.137. The Hall–Kier alpha value is -1.26. The number of aliphatic carboxylic acids is 1. The summed E-state index contributed by atoms with van der Waals surface area (Å²) < 4.78 is 0. The first kappa shape index (κ1) is 16.1. The Kier molecular flexibility index (Phi) is 5.48. The van der Waals surface area contributed by atoms with Gasteiger partial charge in [0.2, 0.25) is 0 Å². The second-order valence-electron chi connectivity index (χ2n) is 6.74. The van der Waals surface area contributed by atoms with Gasteiger partial charge in [-0.25, -0.2) is 4.79 Å². The number of hydrogen-bond acceptors (Lipinski definition) is 2. The predicted molar refractivity (Wildman–Crippen MR) is 81.2 cm³/mol. The topological polar surface area (TPSA) is 60.9 Å². The smallest absolute Gasteiger partial charge is 0.320 e. The largest absolute Gasteiger partial charge is 0.481 e. The van der Waals surface area contributed by atoms with Crippen molar-refractivity contribution in [1.29, 1.82) is 0 Å². The maximum atomic E-state index is 12.9. The fourth-order valence-electron chi connectivity index (χ4n) is 3.56. The van der Waals surface area contributed by atoms with E-state index in [9.17, 15) is 9.59 Å². The number of likely N-dealkylation sites (tertiary alicyclic amines) is 2. The predicted octanol–water partition coefficient (Wildman–Crippen LogP) is 2.95. The maximum Gasteiger partial charge on any atom is 0.320 e. The number of carboxylic acids is 1. The summed E-state index contributed by atoms with van der Waals surface area (Å²) in [5, 5.41) is 8.88. The van der Waals surface area contributed by atoms with Gasteiger partial charge in [0.25, 0.3) is 0 Å².